The van der Waals surface area contributed by atoms with Gasteiger partial charge in [-0.15, -0.1) is 0 Å². The van der Waals surface area contributed by atoms with Crippen LogP contribution in [-0.2, 0) is 6.18 Å². The number of Topliss-reactive ketones (excluding diaryl/α,β-unsaturated/α-hetero) is 1. The predicted molar refractivity (Wildman–Crippen MR) is 71.5 cm³/mol. The smallest absolute Gasteiger partial charge is 0.417 e. The second-order valence-corrected chi connectivity index (χ2v) is 5.04. The summed E-state index contributed by atoms with van der Waals surface area (Å²) in [5.41, 5.74) is -0.896. The zero-order chi connectivity index (χ0) is 14.9. The number of hydrogen-bond acceptors (Lipinski definition) is 2. The first-order valence-electron chi connectivity index (χ1n) is 5.83. The second kappa shape index (κ2) is 5.44. The van der Waals surface area contributed by atoms with Gasteiger partial charge in [0.05, 0.1) is 5.56 Å². The van der Waals surface area contributed by atoms with Gasteiger partial charge in [0.1, 0.15) is 5.76 Å². The molecule has 2 aromatic rings. The molecule has 0 aliphatic rings. The van der Waals surface area contributed by atoms with Gasteiger partial charge in [0.15, 0.2) is 11.5 Å². The number of rotatable bonds is 3. The monoisotopic (exact) mass is 346 g/mol. The van der Waals surface area contributed by atoms with E-state index in [1.807, 2.05) is 0 Å². The Morgan fingerprint density at radius 3 is 2.55 bits per heavy atom. The van der Waals surface area contributed by atoms with Crippen LogP contribution in [0.25, 0.3) is 11.3 Å². The summed E-state index contributed by atoms with van der Waals surface area (Å²) >= 11 is 3.02. The number of alkyl halides is 3. The second-order valence-electron chi connectivity index (χ2n) is 4.13. The summed E-state index contributed by atoms with van der Waals surface area (Å²) in [6, 6.07) is 6.56. The topological polar surface area (TPSA) is 30.2 Å². The Morgan fingerprint density at radius 1 is 1.25 bits per heavy atom. The highest BCUT2D eigenvalue weighted by molar-refractivity contribution is 9.10. The van der Waals surface area contributed by atoms with Crippen molar-refractivity contribution < 1.29 is 22.4 Å². The third-order valence-corrected chi connectivity index (χ3v) is 3.25. The molecule has 0 aliphatic heterocycles. The normalized spacial score (nSPS) is 11.7. The molecule has 1 aromatic heterocycles. The van der Waals surface area contributed by atoms with E-state index in [0.717, 1.165) is 6.07 Å². The van der Waals surface area contributed by atoms with E-state index in [4.69, 9.17) is 4.42 Å². The van der Waals surface area contributed by atoms with Crippen molar-refractivity contribution in [2.45, 2.75) is 19.5 Å². The first-order valence-corrected chi connectivity index (χ1v) is 6.62. The van der Waals surface area contributed by atoms with E-state index < -0.39 is 11.7 Å². The Balaban J connectivity index is 2.53. The molecule has 106 valence electrons. The molecule has 1 heterocycles. The van der Waals surface area contributed by atoms with Crippen LogP contribution in [0.4, 0.5) is 13.2 Å². The molecular formula is C14H10BrF3O2. The van der Waals surface area contributed by atoms with E-state index in [0.29, 0.717) is 4.47 Å². The van der Waals surface area contributed by atoms with Gasteiger partial charge in [-0.05, 0) is 30.3 Å². The summed E-state index contributed by atoms with van der Waals surface area (Å²) in [7, 11) is 0. The molecule has 6 heteroatoms. The van der Waals surface area contributed by atoms with E-state index >= 15 is 0 Å². The Labute approximate surface area is 121 Å². The SMILES string of the molecule is CCC(=O)c1ccc(-c2ccc(Br)cc2C(F)(F)F)o1. The molecular weight excluding hydrogens is 337 g/mol. The van der Waals surface area contributed by atoms with Crippen molar-refractivity contribution >= 4 is 21.7 Å². The highest BCUT2D eigenvalue weighted by Crippen LogP contribution is 2.39. The molecule has 0 aliphatic carbocycles. The molecule has 2 nitrogen and oxygen atoms in total. The lowest BCUT2D eigenvalue weighted by molar-refractivity contribution is -0.137. The number of furan rings is 1. The summed E-state index contributed by atoms with van der Waals surface area (Å²) < 4.78 is 44.6. The quantitative estimate of drug-likeness (QED) is 0.704. The summed E-state index contributed by atoms with van der Waals surface area (Å²) in [6.07, 6.45) is -4.26. The molecule has 0 atom stereocenters. The lowest BCUT2D eigenvalue weighted by Crippen LogP contribution is -2.07. The van der Waals surface area contributed by atoms with Crippen molar-refractivity contribution in [1.29, 1.82) is 0 Å². The number of ketones is 1. The Kier molecular flexibility index (Phi) is 4.04. The van der Waals surface area contributed by atoms with E-state index in [2.05, 4.69) is 15.9 Å². The zero-order valence-electron chi connectivity index (χ0n) is 10.4. The highest BCUT2D eigenvalue weighted by Gasteiger charge is 2.34. The first kappa shape index (κ1) is 14.8. The maximum Gasteiger partial charge on any atom is 0.417 e. The Hall–Kier alpha value is -1.56. The molecule has 0 spiro atoms. The van der Waals surface area contributed by atoms with Crippen molar-refractivity contribution in [2.75, 3.05) is 0 Å². The average molecular weight is 347 g/mol. The number of carbonyl (C=O) groups is 1. The molecule has 0 amide bonds. The fourth-order valence-corrected chi connectivity index (χ4v) is 2.13. The molecule has 1 aromatic carbocycles. The minimum atomic E-state index is -4.50. The van der Waals surface area contributed by atoms with Crippen LogP contribution in [0.3, 0.4) is 0 Å². The molecule has 0 saturated carbocycles. The standard InChI is InChI=1S/C14H10BrF3O2/c1-2-11(19)13-6-5-12(20-13)9-4-3-8(15)7-10(9)14(16,17)18/h3-7H,2H2,1H3. The maximum absolute atomic E-state index is 13.0. The van der Waals surface area contributed by atoms with Gasteiger partial charge in [0.25, 0.3) is 0 Å². The van der Waals surface area contributed by atoms with Gasteiger partial charge in [0.2, 0.25) is 0 Å². The summed E-state index contributed by atoms with van der Waals surface area (Å²) in [4.78, 5) is 11.5. The van der Waals surface area contributed by atoms with Gasteiger partial charge in [-0.2, -0.15) is 13.2 Å². The molecule has 2 rings (SSSR count). The highest BCUT2D eigenvalue weighted by atomic mass is 79.9. The van der Waals surface area contributed by atoms with Crippen molar-refractivity contribution in [3.63, 3.8) is 0 Å². The zero-order valence-corrected chi connectivity index (χ0v) is 12.0. The van der Waals surface area contributed by atoms with Crippen LogP contribution < -0.4 is 0 Å². The lowest BCUT2D eigenvalue weighted by atomic mass is 10.1. The molecule has 0 bridgehead atoms. The molecule has 0 unspecified atom stereocenters. The van der Waals surface area contributed by atoms with E-state index in [1.165, 1.54) is 24.3 Å². The lowest BCUT2D eigenvalue weighted by Gasteiger charge is -2.11. The molecule has 0 N–H and O–H groups in total. The molecule has 0 saturated heterocycles. The van der Waals surface area contributed by atoms with Crippen molar-refractivity contribution in [3.8, 4) is 11.3 Å². The van der Waals surface area contributed by atoms with Crippen molar-refractivity contribution in [3.05, 3.63) is 46.1 Å². The van der Waals surface area contributed by atoms with Gasteiger partial charge in [-0.25, -0.2) is 0 Å². The van der Waals surface area contributed by atoms with Crippen LogP contribution in [0.2, 0.25) is 0 Å². The fraction of sp³-hybridized carbons (Fsp3) is 0.214. The third kappa shape index (κ3) is 2.95. The summed E-state index contributed by atoms with van der Waals surface area (Å²) in [5, 5.41) is 0. The maximum atomic E-state index is 13.0. The van der Waals surface area contributed by atoms with Gasteiger partial charge in [-0.3, -0.25) is 4.79 Å². The molecule has 0 radical (unpaired) electrons. The first-order chi connectivity index (χ1) is 9.32. The number of hydrogen-bond donors (Lipinski definition) is 0. The van der Waals surface area contributed by atoms with Crippen molar-refractivity contribution in [2.24, 2.45) is 0 Å². The minimum absolute atomic E-state index is 0.0293. The van der Waals surface area contributed by atoms with Crippen LogP contribution >= 0.6 is 15.9 Å². The number of carbonyl (C=O) groups excluding carboxylic acids is 1. The van der Waals surface area contributed by atoms with Crippen LogP contribution in [0.1, 0.15) is 29.5 Å². The largest absolute Gasteiger partial charge is 0.453 e. The van der Waals surface area contributed by atoms with Gasteiger partial charge >= 0.3 is 6.18 Å². The average Bonchev–Trinajstić information content (AvgIpc) is 2.86. The Morgan fingerprint density at radius 2 is 1.95 bits per heavy atom. The summed E-state index contributed by atoms with van der Waals surface area (Å²) in [5.74, 6) is -0.151. The van der Waals surface area contributed by atoms with Crippen LogP contribution in [-0.4, -0.2) is 5.78 Å². The van der Waals surface area contributed by atoms with Crippen LogP contribution in [0.5, 0.6) is 0 Å². The third-order valence-electron chi connectivity index (χ3n) is 2.75. The van der Waals surface area contributed by atoms with E-state index in [1.54, 1.807) is 6.92 Å². The van der Waals surface area contributed by atoms with E-state index in [9.17, 15) is 18.0 Å². The Bertz CT molecular complexity index is 644. The van der Waals surface area contributed by atoms with Crippen molar-refractivity contribution in [1.82, 2.24) is 0 Å². The number of halogens is 4. The van der Waals surface area contributed by atoms with Gasteiger partial charge in [0, 0.05) is 16.5 Å². The van der Waals surface area contributed by atoms with Gasteiger partial charge < -0.3 is 4.42 Å². The fourth-order valence-electron chi connectivity index (χ4n) is 1.77. The minimum Gasteiger partial charge on any atom is -0.453 e. The summed E-state index contributed by atoms with van der Waals surface area (Å²) in [6.45, 7) is 1.66. The molecule has 0 fully saturated rings. The number of benzene rings is 1. The molecule has 20 heavy (non-hydrogen) atoms. The predicted octanol–water partition coefficient (Wildman–Crippen LogP) is 5.32. The van der Waals surface area contributed by atoms with E-state index in [-0.39, 0.29) is 29.3 Å². The van der Waals surface area contributed by atoms with Crippen LogP contribution in [0, 0.1) is 0 Å². The van der Waals surface area contributed by atoms with Gasteiger partial charge in [-0.1, -0.05) is 22.9 Å². The van der Waals surface area contributed by atoms with Crippen LogP contribution in [0.15, 0.2) is 39.2 Å².